The Morgan fingerprint density at radius 2 is 1.95 bits per heavy atom. The van der Waals surface area contributed by atoms with Gasteiger partial charge in [0.05, 0.1) is 18.1 Å². The summed E-state index contributed by atoms with van der Waals surface area (Å²) < 4.78 is 7.87. The lowest BCUT2D eigenvalue weighted by molar-refractivity contribution is 0.0553. The molecule has 2 aromatic heterocycles. The van der Waals surface area contributed by atoms with E-state index in [-0.39, 0.29) is 18.1 Å². The van der Waals surface area contributed by atoms with Crippen LogP contribution in [0.15, 0.2) is 6.07 Å². The molecule has 4 atom stereocenters. The summed E-state index contributed by atoms with van der Waals surface area (Å²) in [5.74, 6) is 2.35. The lowest BCUT2D eigenvalue weighted by Gasteiger charge is -2.17. The summed E-state index contributed by atoms with van der Waals surface area (Å²) in [5.41, 5.74) is 0.742. The van der Waals surface area contributed by atoms with Gasteiger partial charge in [-0.25, -0.2) is 4.98 Å². The van der Waals surface area contributed by atoms with Gasteiger partial charge in [0.1, 0.15) is 16.8 Å². The molecular weight excluding hydrogens is 264 g/mol. The Labute approximate surface area is 117 Å². The van der Waals surface area contributed by atoms with Gasteiger partial charge in [0, 0.05) is 6.07 Å². The zero-order chi connectivity index (χ0) is 13.7. The van der Waals surface area contributed by atoms with E-state index in [1.54, 1.807) is 6.07 Å². The Morgan fingerprint density at radius 1 is 1.21 bits per heavy atom. The molecule has 0 radical (unpaired) electrons. The highest BCUT2D eigenvalue weighted by atomic mass is 35.5. The van der Waals surface area contributed by atoms with Gasteiger partial charge in [-0.3, -0.25) is 4.40 Å². The maximum atomic E-state index is 5.96. The minimum absolute atomic E-state index is 0.132. The second kappa shape index (κ2) is 4.42. The van der Waals surface area contributed by atoms with Crippen LogP contribution in [0.2, 0.25) is 5.15 Å². The van der Waals surface area contributed by atoms with E-state index in [4.69, 9.17) is 16.3 Å². The zero-order valence-electron chi connectivity index (χ0n) is 11.5. The normalized spacial score (nSPS) is 31.2. The molecule has 0 spiro atoms. The van der Waals surface area contributed by atoms with Crippen LogP contribution >= 0.6 is 11.6 Å². The molecule has 19 heavy (non-hydrogen) atoms. The first-order chi connectivity index (χ1) is 8.99. The van der Waals surface area contributed by atoms with Crippen LogP contribution in [0.1, 0.15) is 38.3 Å². The van der Waals surface area contributed by atoms with Crippen molar-refractivity contribution < 1.29 is 4.74 Å². The number of ether oxygens (including phenoxy) is 1. The quantitative estimate of drug-likeness (QED) is 0.754. The Hall–Kier alpha value is -1.20. The van der Waals surface area contributed by atoms with Crippen molar-refractivity contribution in [1.82, 2.24) is 19.6 Å². The maximum Gasteiger partial charge on any atom is 0.165 e. The van der Waals surface area contributed by atoms with E-state index in [1.807, 2.05) is 11.3 Å². The van der Waals surface area contributed by atoms with Gasteiger partial charge < -0.3 is 4.74 Å². The van der Waals surface area contributed by atoms with Crippen LogP contribution in [0, 0.1) is 12.8 Å². The molecular formula is C13H17ClN4O. The van der Waals surface area contributed by atoms with Crippen molar-refractivity contribution in [2.45, 2.75) is 45.8 Å². The Kier molecular flexibility index (Phi) is 2.98. The minimum Gasteiger partial charge on any atom is -0.374 e. The highest BCUT2D eigenvalue weighted by molar-refractivity contribution is 6.29. The Balaban J connectivity index is 2.16. The third-order valence-electron chi connectivity index (χ3n) is 4.09. The number of rotatable bonds is 1. The third-order valence-corrected chi connectivity index (χ3v) is 4.29. The zero-order valence-corrected chi connectivity index (χ0v) is 12.2. The topological polar surface area (TPSA) is 52.3 Å². The molecule has 3 heterocycles. The third kappa shape index (κ3) is 1.92. The average Bonchev–Trinajstić information content (AvgIpc) is 2.82. The van der Waals surface area contributed by atoms with Crippen molar-refractivity contribution in [2.24, 2.45) is 5.92 Å². The molecule has 1 saturated heterocycles. The van der Waals surface area contributed by atoms with Gasteiger partial charge in [-0.2, -0.15) is 0 Å². The van der Waals surface area contributed by atoms with E-state index >= 15 is 0 Å². The van der Waals surface area contributed by atoms with Gasteiger partial charge in [0.2, 0.25) is 0 Å². The summed E-state index contributed by atoms with van der Waals surface area (Å²) in [6, 6.07) is 1.74. The molecule has 0 aliphatic carbocycles. The van der Waals surface area contributed by atoms with E-state index in [1.165, 1.54) is 0 Å². The summed E-state index contributed by atoms with van der Waals surface area (Å²) in [7, 11) is 0. The molecule has 5 nitrogen and oxygen atoms in total. The SMILES string of the molecule is Cc1nc(Cl)cc2nnc(C3C(C)OC(C)C3C)n12. The smallest absolute Gasteiger partial charge is 0.165 e. The van der Waals surface area contributed by atoms with Gasteiger partial charge in [-0.1, -0.05) is 18.5 Å². The lowest BCUT2D eigenvalue weighted by Crippen LogP contribution is -2.19. The maximum absolute atomic E-state index is 5.96. The van der Waals surface area contributed by atoms with E-state index in [9.17, 15) is 0 Å². The van der Waals surface area contributed by atoms with E-state index < -0.39 is 0 Å². The van der Waals surface area contributed by atoms with E-state index in [0.29, 0.717) is 11.1 Å². The summed E-state index contributed by atoms with van der Waals surface area (Å²) in [4.78, 5) is 4.28. The van der Waals surface area contributed by atoms with Gasteiger partial charge in [-0.15, -0.1) is 10.2 Å². The largest absolute Gasteiger partial charge is 0.374 e. The molecule has 4 unspecified atom stereocenters. The van der Waals surface area contributed by atoms with Crippen molar-refractivity contribution >= 4 is 17.2 Å². The number of nitrogens with zero attached hydrogens (tertiary/aromatic N) is 4. The van der Waals surface area contributed by atoms with Crippen molar-refractivity contribution in [3.05, 3.63) is 22.9 Å². The van der Waals surface area contributed by atoms with Crippen molar-refractivity contribution in [3.8, 4) is 0 Å². The lowest BCUT2D eigenvalue weighted by atomic mass is 9.89. The first-order valence-electron chi connectivity index (χ1n) is 6.52. The molecule has 3 rings (SSSR count). The second-order valence-corrected chi connectivity index (χ2v) is 5.70. The fourth-order valence-corrected chi connectivity index (χ4v) is 3.22. The molecule has 6 heteroatoms. The van der Waals surface area contributed by atoms with Crippen LogP contribution in [-0.4, -0.2) is 31.8 Å². The van der Waals surface area contributed by atoms with Crippen molar-refractivity contribution in [1.29, 1.82) is 0 Å². The number of hydrogen-bond donors (Lipinski definition) is 0. The first-order valence-corrected chi connectivity index (χ1v) is 6.90. The minimum atomic E-state index is 0.132. The molecule has 102 valence electrons. The number of halogens is 1. The van der Waals surface area contributed by atoms with E-state index in [0.717, 1.165) is 17.3 Å². The molecule has 0 N–H and O–H groups in total. The number of aryl methyl sites for hydroxylation is 1. The average molecular weight is 281 g/mol. The van der Waals surface area contributed by atoms with E-state index in [2.05, 4.69) is 36.0 Å². The summed E-state index contributed by atoms with van der Waals surface area (Å²) in [6.45, 7) is 8.30. The molecule has 0 bridgehead atoms. The van der Waals surface area contributed by atoms with Crippen LogP contribution in [0.25, 0.3) is 5.65 Å². The standard InChI is InChI=1S/C13H17ClN4O/c1-6-7(2)19-8(3)12(6)13-17-16-11-5-10(14)15-9(4)18(11)13/h5-8,12H,1-4H3. The van der Waals surface area contributed by atoms with Crippen molar-refractivity contribution in [2.75, 3.05) is 0 Å². The first kappa shape index (κ1) is 12.8. The summed E-state index contributed by atoms with van der Waals surface area (Å²) in [5, 5.41) is 9.01. The van der Waals surface area contributed by atoms with Crippen LogP contribution in [-0.2, 0) is 4.74 Å². The van der Waals surface area contributed by atoms with Gasteiger partial charge in [-0.05, 0) is 26.7 Å². The van der Waals surface area contributed by atoms with Crippen LogP contribution in [0.5, 0.6) is 0 Å². The predicted molar refractivity (Wildman–Crippen MR) is 72.4 cm³/mol. The van der Waals surface area contributed by atoms with Gasteiger partial charge in [0.25, 0.3) is 0 Å². The Bertz CT molecular complexity index is 626. The fraction of sp³-hybridized carbons (Fsp3) is 0.615. The number of fused-ring (bicyclic) bond motifs is 1. The van der Waals surface area contributed by atoms with Crippen LogP contribution < -0.4 is 0 Å². The summed E-state index contributed by atoms with van der Waals surface area (Å²) in [6.07, 6.45) is 0.361. The molecule has 0 saturated carbocycles. The molecule has 1 aliphatic rings. The highest BCUT2D eigenvalue weighted by Crippen LogP contribution is 2.39. The second-order valence-electron chi connectivity index (χ2n) is 5.31. The summed E-state index contributed by atoms with van der Waals surface area (Å²) >= 11 is 5.96. The van der Waals surface area contributed by atoms with Crippen LogP contribution in [0.3, 0.4) is 0 Å². The highest BCUT2D eigenvalue weighted by Gasteiger charge is 2.40. The van der Waals surface area contributed by atoms with Crippen molar-refractivity contribution in [3.63, 3.8) is 0 Å². The van der Waals surface area contributed by atoms with Crippen LogP contribution in [0.4, 0.5) is 0 Å². The Morgan fingerprint density at radius 3 is 2.58 bits per heavy atom. The molecule has 0 amide bonds. The number of aromatic nitrogens is 4. The molecule has 2 aromatic rings. The predicted octanol–water partition coefficient (Wildman–Crippen LogP) is 2.61. The van der Waals surface area contributed by atoms with Gasteiger partial charge in [0.15, 0.2) is 5.65 Å². The van der Waals surface area contributed by atoms with Gasteiger partial charge >= 0.3 is 0 Å². The number of hydrogen-bond acceptors (Lipinski definition) is 4. The monoisotopic (exact) mass is 280 g/mol. The molecule has 0 aromatic carbocycles. The molecule has 1 fully saturated rings. The molecule has 1 aliphatic heterocycles. The fourth-order valence-electron chi connectivity index (χ4n) is 3.01.